The minimum Gasteiger partial charge on any atom is -0.480 e. The van der Waals surface area contributed by atoms with Crippen molar-refractivity contribution in [3.63, 3.8) is 0 Å². The number of nitrogens with one attached hydrogen (secondary N) is 15. The van der Waals surface area contributed by atoms with Gasteiger partial charge in [-0.3, -0.25) is 48.6 Å². The summed E-state index contributed by atoms with van der Waals surface area (Å²) in [6, 6.07) is 16.2. The summed E-state index contributed by atoms with van der Waals surface area (Å²) in [5, 5.41) is 49.0. The Balaban J connectivity index is 1.04. The number of aromatic nitrogens is 4. The summed E-state index contributed by atoms with van der Waals surface area (Å²) >= 11 is 0. The topological polar surface area (TPSA) is 528 Å². The van der Waals surface area contributed by atoms with Crippen molar-refractivity contribution in [2.24, 2.45) is 34.6 Å². The number of para-hydroxylation sites is 4. The summed E-state index contributed by atoms with van der Waals surface area (Å²) in [7, 11) is 0. The van der Waals surface area contributed by atoms with E-state index < -0.39 is 125 Å². The number of hydrogen-bond donors (Lipinski definition) is 21. The van der Waals surface area contributed by atoms with Crippen molar-refractivity contribution in [3.05, 3.63) is 144 Å². The molecule has 31 heteroatoms. The number of rotatable bonds is 45. The molecule has 0 unspecified atom stereocenters. The average Bonchev–Trinajstić information content (AvgIpc) is 1.63. The molecule has 4 aromatic heterocycles. The van der Waals surface area contributed by atoms with Gasteiger partial charge in [0.15, 0.2) is 5.96 Å². The zero-order valence-corrected chi connectivity index (χ0v) is 61.5. The van der Waals surface area contributed by atoms with Gasteiger partial charge >= 0.3 is 5.97 Å². The number of carboxylic acids is 1. The summed E-state index contributed by atoms with van der Waals surface area (Å²) in [6.45, 7) is 5.84. The van der Waals surface area contributed by atoms with E-state index in [0.29, 0.717) is 80.2 Å². The predicted molar refractivity (Wildman–Crippen MR) is 414 cm³/mol. The van der Waals surface area contributed by atoms with Crippen LogP contribution in [0.25, 0.3) is 43.6 Å². The van der Waals surface area contributed by atoms with E-state index in [2.05, 4.69) is 73.1 Å². The maximum atomic E-state index is 15.1. The molecule has 0 aliphatic heterocycles. The van der Waals surface area contributed by atoms with Gasteiger partial charge in [0.1, 0.15) is 54.4 Å². The number of fused-ring (bicyclic) bond motifs is 4. The number of carbonyl (C=O) groups is 10. The zero-order valence-electron chi connectivity index (χ0n) is 61.5. The number of carboxylic acid groups (broad SMARTS) is 1. The molecular formula is C77H106N20O11. The normalized spacial score (nSPS) is 14.5. The van der Waals surface area contributed by atoms with E-state index in [1.807, 2.05) is 91.0 Å². The molecule has 0 aliphatic carbocycles. The quantitative estimate of drug-likeness (QED) is 0.0148. The molecule has 9 amide bonds. The molecule has 0 saturated heterocycles. The van der Waals surface area contributed by atoms with E-state index in [1.54, 1.807) is 44.7 Å². The van der Waals surface area contributed by atoms with Gasteiger partial charge in [0, 0.05) is 101 Å². The minimum absolute atomic E-state index is 0.00859. The fraction of sp³-hybridized carbons (Fsp3) is 0.442. The third-order valence-corrected chi connectivity index (χ3v) is 19.5. The van der Waals surface area contributed by atoms with Crippen LogP contribution in [0.5, 0.6) is 0 Å². The van der Waals surface area contributed by atoms with Crippen LogP contribution in [0.15, 0.2) is 122 Å². The lowest BCUT2D eigenvalue weighted by Gasteiger charge is -2.28. The Kier molecular flexibility index (Phi) is 31.4. The molecule has 0 fully saturated rings. The second-order valence-electron chi connectivity index (χ2n) is 27.6. The molecule has 8 rings (SSSR count). The second-order valence-corrected chi connectivity index (χ2v) is 27.6. The molecule has 4 aromatic carbocycles. The standard InChI is InChI=1S/C77H106N20O11/c1-4-44(2)66(76(107)108)97-75(106)65(39-49-43-88-58-28-12-8-23-53(49)58)96-74(105)64(38-48-42-87-57-27-11-7-22-52(48)57)95-71(102)61(31-19-35-84-77(82)83)91-69(100)59(29-14-17-33-79)90-67(98)45(3)89-72(103)62(36-46-40-85-55-25-9-5-20-50(46)55)94-70(101)60(30-15-18-34-80)92-73(104)63(93-68(99)54(81)24-13-16-32-78)37-47-41-86-56-26-10-6-21-51(47)56/h5-12,20-23,25-28,40-45,54,59-66,85-88H,4,13-19,24,29-39,78-81H2,1-3H3,(H,89,103)(H,90,98)(H,91,100)(H,92,104)(H,93,99)(H,94,101)(H,95,102)(H,96,105)(H,97,106)(H,107,108)(H4,82,83,84)/t44-,45-,54-,59-,60-,61-,62-,63-,64-,65-,66-/m0/s1. The lowest BCUT2D eigenvalue weighted by atomic mass is 9.97. The van der Waals surface area contributed by atoms with Crippen LogP contribution < -0.4 is 81.8 Å². The van der Waals surface area contributed by atoms with Crippen LogP contribution in [0.3, 0.4) is 0 Å². The van der Waals surface area contributed by atoms with Crippen LogP contribution in [-0.4, -0.2) is 177 Å². The van der Waals surface area contributed by atoms with Gasteiger partial charge in [0.25, 0.3) is 0 Å². The van der Waals surface area contributed by atoms with Gasteiger partial charge in [0.2, 0.25) is 53.2 Å². The van der Waals surface area contributed by atoms with Crippen LogP contribution in [0.1, 0.15) is 120 Å². The third kappa shape index (κ3) is 23.4. The molecule has 0 spiro atoms. The van der Waals surface area contributed by atoms with Gasteiger partial charge < -0.3 is 107 Å². The maximum absolute atomic E-state index is 15.1. The molecule has 11 atom stereocenters. The fourth-order valence-corrected chi connectivity index (χ4v) is 13.1. The van der Waals surface area contributed by atoms with Gasteiger partial charge in [0.05, 0.1) is 6.04 Å². The molecule has 108 heavy (non-hydrogen) atoms. The Morgan fingerprint density at radius 3 is 1.04 bits per heavy atom. The lowest BCUT2D eigenvalue weighted by Crippen LogP contribution is -2.61. The van der Waals surface area contributed by atoms with Crippen molar-refractivity contribution in [1.82, 2.24) is 73.1 Å². The fourth-order valence-electron chi connectivity index (χ4n) is 13.1. The Hall–Kier alpha value is -11.2. The van der Waals surface area contributed by atoms with Gasteiger partial charge in [-0.25, -0.2) is 4.79 Å². The number of benzene rings is 4. The Bertz CT molecular complexity index is 4370. The smallest absolute Gasteiger partial charge is 0.326 e. The van der Waals surface area contributed by atoms with Crippen molar-refractivity contribution in [3.8, 4) is 0 Å². The van der Waals surface area contributed by atoms with Crippen LogP contribution in [0.4, 0.5) is 0 Å². The summed E-state index contributed by atoms with van der Waals surface area (Å²) in [6.07, 6.45) is 10.0. The first kappa shape index (κ1) is 82.5. The summed E-state index contributed by atoms with van der Waals surface area (Å²) in [5.74, 6) is -9.12. The van der Waals surface area contributed by atoms with E-state index in [1.165, 1.54) is 6.92 Å². The minimum atomic E-state index is -1.46. The molecule has 31 nitrogen and oxygen atoms in total. The molecule has 0 saturated carbocycles. The Morgan fingerprint density at radius 1 is 0.398 bits per heavy atom. The predicted octanol–water partition coefficient (Wildman–Crippen LogP) is 2.37. The lowest BCUT2D eigenvalue weighted by molar-refractivity contribution is -0.144. The Labute approximate surface area is 626 Å². The number of amides is 9. The summed E-state index contributed by atoms with van der Waals surface area (Å²) in [4.78, 5) is 158. The van der Waals surface area contributed by atoms with E-state index in [4.69, 9.17) is 34.1 Å². The highest BCUT2D eigenvalue weighted by atomic mass is 16.4. The first-order valence-corrected chi connectivity index (χ1v) is 37.1. The van der Waals surface area contributed by atoms with Crippen LogP contribution >= 0.6 is 0 Å². The Morgan fingerprint density at radius 2 is 0.694 bits per heavy atom. The SMILES string of the molecule is CC[C@H](C)[C@H](NC(=O)[C@H](Cc1c[nH]c2ccccc12)NC(=O)[C@H](Cc1c[nH]c2ccccc12)NC(=O)[C@H](CCCNC(=N)N)NC(=O)[C@H](CCCCN)NC(=O)[C@H](C)NC(=O)[C@H](Cc1c[nH]c2ccccc12)NC(=O)[C@H](CCCCN)NC(=O)[C@H](Cc1c[nH]c2ccccc12)NC(=O)[C@@H](N)CCCCN)C(=O)O. The number of hydrogen-bond acceptors (Lipinski definition) is 15. The number of aliphatic carboxylic acids is 1. The van der Waals surface area contributed by atoms with Crippen molar-refractivity contribution >= 4 is 109 Å². The van der Waals surface area contributed by atoms with E-state index >= 15 is 9.59 Å². The van der Waals surface area contributed by atoms with Crippen LogP contribution in [0.2, 0.25) is 0 Å². The van der Waals surface area contributed by atoms with Crippen molar-refractivity contribution in [2.45, 2.75) is 184 Å². The molecule has 0 radical (unpaired) electrons. The van der Waals surface area contributed by atoms with Crippen LogP contribution in [-0.2, 0) is 73.6 Å². The van der Waals surface area contributed by atoms with Gasteiger partial charge in [-0.05, 0) is 143 Å². The highest BCUT2D eigenvalue weighted by Gasteiger charge is 2.37. The number of H-pyrrole nitrogens is 4. The second kappa shape index (κ2) is 41.1. The number of aromatic amines is 4. The largest absolute Gasteiger partial charge is 0.480 e. The molecule has 4 heterocycles. The van der Waals surface area contributed by atoms with E-state index in [9.17, 15) is 43.5 Å². The van der Waals surface area contributed by atoms with Crippen molar-refractivity contribution in [1.29, 1.82) is 5.41 Å². The number of guanidine groups is 1. The summed E-state index contributed by atoms with van der Waals surface area (Å²) < 4.78 is 0. The highest BCUT2D eigenvalue weighted by molar-refractivity contribution is 6.00. The van der Waals surface area contributed by atoms with Gasteiger partial charge in [-0.1, -0.05) is 99.5 Å². The molecule has 580 valence electrons. The summed E-state index contributed by atoms with van der Waals surface area (Å²) in [5.41, 5.74) is 35.1. The number of unbranched alkanes of at least 4 members (excludes halogenated alkanes) is 3. The zero-order chi connectivity index (χ0) is 77.8. The molecule has 8 aromatic rings. The molecular weight excluding hydrogens is 1380 g/mol. The molecule has 26 N–H and O–H groups in total. The number of carbonyl (C=O) groups excluding carboxylic acids is 9. The monoisotopic (exact) mass is 1490 g/mol. The van der Waals surface area contributed by atoms with Gasteiger partial charge in [-0.2, -0.15) is 0 Å². The first-order chi connectivity index (χ1) is 52.0. The van der Waals surface area contributed by atoms with Crippen LogP contribution in [0, 0.1) is 11.3 Å². The van der Waals surface area contributed by atoms with Crippen molar-refractivity contribution < 1.29 is 53.1 Å². The number of nitrogens with two attached hydrogens (primary N) is 5. The van der Waals surface area contributed by atoms with Crippen molar-refractivity contribution in [2.75, 3.05) is 26.2 Å². The van der Waals surface area contributed by atoms with Gasteiger partial charge in [-0.15, -0.1) is 0 Å². The molecule has 0 bridgehead atoms. The van der Waals surface area contributed by atoms with E-state index in [-0.39, 0.29) is 77.0 Å². The van der Waals surface area contributed by atoms with E-state index in [0.717, 1.165) is 43.6 Å². The maximum Gasteiger partial charge on any atom is 0.326 e. The average molecular weight is 1490 g/mol. The molecule has 0 aliphatic rings. The highest BCUT2D eigenvalue weighted by Crippen LogP contribution is 2.25. The third-order valence-electron chi connectivity index (χ3n) is 19.5. The first-order valence-electron chi connectivity index (χ1n) is 37.1.